The highest BCUT2D eigenvalue weighted by Gasteiger charge is 2.26. The third kappa shape index (κ3) is 1.97. The number of rotatable bonds is 4. The first-order valence-electron chi connectivity index (χ1n) is 6.17. The fourth-order valence-corrected chi connectivity index (χ4v) is 1.90. The van der Waals surface area contributed by atoms with E-state index in [1.807, 2.05) is 6.33 Å². The van der Waals surface area contributed by atoms with Crippen LogP contribution in [0.4, 0.5) is 5.82 Å². The summed E-state index contributed by atoms with van der Waals surface area (Å²) in [5, 5.41) is 3.33. The zero-order valence-corrected chi connectivity index (χ0v) is 10.2. The maximum atomic E-state index is 4.43. The molecule has 17 heavy (non-hydrogen) atoms. The van der Waals surface area contributed by atoms with Crippen LogP contribution >= 0.6 is 0 Å². The molecule has 2 aromatic rings. The number of hydrogen-bond acceptors (Lipinski definition) is 4. The maximum absolute atomic E-state index is 4.43. The van der Waals surface area contributed by atoms with Crippen LogP contribution in [0.2, 0.25) is 0 Å². The van der Waals surface area contributed by atoms with Crippen molar-refractivity contribution in [2.45, 2.75) is 32.7 Å². The van der Waals surface area contributed by atoms with Gasteiger partial charge in [0.25, 0.3) is 0 Å². The van der Waals surface area contributed by atoms with Crippen molar-refractivity contribution in [3.63, 3.8) is 0 Å². The molecule has 0 aliphatic heterocycles. The smallest absolute Gasteiger partial charge is 0.165 e. The fourth-order valence-electron chi connectivity index (χ4n) is 1.90. The van der Waals surface area contributed by atoms with Crippen molar-refractivity contribution in [2.75, 3.05) is 11.9 Å². The summed E-state index contributed by atoms with van der Waals surface area (Å²) in [6.45, 7) is 5.25. The summed E-state index contributed by atoms with van der Waals surface area (Å²) in [4.78, 5) is 13.0. The number of fused-ring (bicyclic) bond motifs is 1. The van der Waals surface area contributed by atoms with Gasteiger partial charge in [0.15, 0.2) is 11.5 Å². The average molecular weight is 231 g/mol. The molecule has 2 heterocycles. The van der Waals surface area contributed by atoms with Gasteiger partial charge in [-0.1, -0.05) is 13.8 Å². The maximum Gasteiger partial charge on any atom is 0.165 e. The van der Waals surface area contributed by atoms with E-state index in [1.165, 1.54) is 12.8 Å². The number of nitrogens with zero attached hydrogens (tertiary/aromatic N) is 4. The molecule has 5 nitrogen and oxygen atoms in total. The van der Waals surface area contributed by atoms with Crippen molar-refractivity contribution < 1.29 is 0 Å². The summed E-state index contributed by atoms with van der Waals surface area (Å²) >= 11 is 0. The van der Waals surface area contributed by atoms with Crippen LogP contribution in [-0.2, 0) is 0 Å². The lowest BCUT2D eigenvalue weighted by atomic mass is 10.2. The molecule has 0 radical (unpaired) electrons. The first-order valence-corrected chi connectivity index (χ1v) is 6.17. The number of imidazole rings is 1. The number of hydrogen-bond donors (Lipinski definition) is 1. The fraction of sp³-hybridized carbons (Fsp3) is 0.583. The Labute approximate surface area is 100 Å². The minimum absolute atomic E-state index is 0.588. The second kappa shape index (κ2) is 3.98. The summed E-state index contributed by atoms with van der Waals surface area (Å²) < 4.78 is 2.16. The van der Waals surface area contributed by atoms with Gasteiger partial charge in [-0.2, -0.15) is 0 Å². The van der Waals surface area contributed by atoms with E-state index in [2.05, 4.69) is 38.7 Å². The molecule has 0 spiro atoms. The molecule has 0 bridgehead atoms. The van der Waals surface area contributed by atoms with E-state index in [-0.39, 0.29) is 0 Å². The second-order valence-corrected chi connectivity index (χ2v) is 5.05. The lowest BCUT2D eigenvalue weighted by Gasteiger charge is -2.08. The third-order valence-electron chi connectivity index (χ3n) is 2.98. The Morgan fingerprint density at radius 3 is 2.88 bits per heavy atom. The Hall–Kier alpha value is -1.65. The van der Waals surface area contributed by atoms with Crippen molar-refractivity contribution in [1.82, 2.24) is 19.5 Å². The van der Waals surface area contributed by atoms with E-state index >= 15 is 0 Å². The van der Waals surface area contributed by atoms with Gasteiger partial charge in [0.1, 0.15) is 11.8 Å². The molecule has 5 heteroatoms. The van der Waals surface area contributed by atoms with Crippen LogP contribution in [0, 0.1) is 5.92 Å². The van der Waals surface area contributed by atoms with Crippen molar-refractivity contribution in [3.8, 4) is 0 Å². The zero-order chi connectivity index (χ0) is 11.8. The highest BCUT2D eigenvalue weighted by molar-refractivity contribution is 5.82. The Morgan fingerprint density at radius 2 is 2.18 bits per heavy atom. The average Bonchev–Trinajstić information content (AvgIpc) is 3.06. The predicted molar refractivity (Wildman–Crippen MR) is 66.9 cm³/mol. The zero-order valence-electron chi connectivity index (χ0n) is 10.2. The molecule has 1 saturated carbocycles. The molecule has 0 saturated heterocycles. The molecule has 3 rings (SSSR count). The van der Waals surface area contributed by atoms with Crippen molar-refractivity contribution in [3.05, 3.63) is 12.7 Å². The molecule has 1 fully saturated rings. The first kappa shape index (κ1) is 10.5. The highest BCUT2D eigenvalue weighted by atomic mass is 15.2. The number of anilines is 1. The van der Waals surface area contributed by atoms with Gasteiger partial charge in [-0.05, 0) is 18.8 Å². The minimum atomic E-state index is 0.588. The standard InChI is InChI=1S/C12H17N5/c1-8(2)5-13-11-10-12(15-6-14-11)17(7-16-10)9-3-4-9/h6-9H,3-5H2,1-2H3,(H,13,14,15). The van der Waals surface area contributed by atoms with E-state index in [0.29, 0.717) is 12.0 Å². The third-order valence-corrected chi connectivity index (χ3v) is 2.98. The largest absolute Gasteiger partial charge is 0.368 e. The number of nitrogens with one attached hydrogen (secondary N) is 1. The normalized spacial score (nSPS) is 15.7. The number of aromatic nitrogens is 4. The van der Waals surface area contributed by atoms with Crippen LogP contribution in [0.1, 0.15) is 32.7 Å². The molecule has 1 N–H and O–H groups in total. The second-order valence-electron chi connectivity index (χ2n) is 5.05. The lowest BCUT2D eigenvalue weighted by Crippen LogP contribution is -2.09. The van der Waals surface area contributed by atoms with E-state index < -0.39 is 0 Å². The van der Waals surface area contributed by atoms with Crippen LogP contribution < -0.4 is 5.32 Å². The summed E-state index contributed by atoms with van der Waals surface area (Å²) in [7, 11) is 0. The van der Waals surface area contributed by atoms with Crippen molar-refractivity contribution >= 4 is 17.0 Å². The van der Waals surface area contributed by atoms with Crippen molar-refractivity contribution in [1.29, 1.82) is 0 Å². The SMILES string of the molecule is CC(C)CNc1ncnc2c1ncn2C1CC1. The van der Waals surface area contributed by atoms with E-state index in [4.69, 9.17) is 0 Å². The molecule has 0 aromatic carbocycles. The topological polar surface area (TPSA) is 55.6 Å². The van der Waals surface area contributed by atoms with Crippen LogP contribution in [-0.4, -0.2) is 26.1 Å². The van der Waals surface area contributed by atoms with Crippen LogP contribution in [0.5, 0.6) is 0 Å². The highest BCUT2D eigenvalue weighted by Crippen LogP contribution is 2.37. The molecule has 1 aliphatic rings. The Balaban J connectivity index is 1.95. The van der Waals surface area contributed by atoms with Crippen LogP contribution in [0.3, 0.4) is 0 Å². The van der Waals surface area contributed by atoms with Crippen LogP contribution in [0.25, 0.3) is 11.2 Å². The molecule has 0 amide bonds. The quantitative estimate of drug-likeness (QED) is 0.876. The molecule has 2 aromatic heterocycles. The minimum Gasteiger partial charge on any atom is -0.368 e. The van der Waals surface area contributed by atoms with E-state index in [1.54, 1.807) is 6.33 Å². The predicted octanol–water partition coefficient (Wildman–Crippen LogP) is 2.23. The molecule has 0 atom stereocenters. The monoisotopic (exact) mass is 231 g/mol. The summed E-state index contributed by atoms with van der Waals surface area (Å²) in [6, 6.07) is 0.604. The Bertz CT molecular complexity index is 527. The molecule has 90 valence electrons. The van der Waals surface area contributed by atoms with Gasteiger partial charge in [0.05, 0.1) is 6.33 Å². The first-order chi connectivity index (χ1) is 8.25. The molecule has 1 aliphatic carbocycles. The van der Waals surface area contributed by atoms with Gasteiger partial charge < -0.3 is 9.88 Å². The van der Waals surface area contributed by atoms with Gasteiger partial charge in [-0.15, -0.1) is 0 Å². The van der Waals surface area contributed by atoms with Crippen molar-refractivity contribution in [2.24, 2.45) is 5.92 Å². The van der Waals surface area contributed by atoms with Crippen LogP contribution in [0.15, 0.2) is 12.7 Å². The lowest BCUT2D eigenvalue weighted by molar-refractivity contribution is 0.687. The summed E-state index contributed by atoms with van der Waals surface area (Å²) in [6.07, 6.45) is 5.98. The Morgan fingerprint density at radius 1 is 1.35 bits per heavy atom. The summed E-state index contributed by atoms with van der Waals surface area (Å²) in [5.41, 5.74) is 1.84. The van der Waals surface area contributed by atoms with E-state index in [9.17, 15) is 0 Å². The molecular weight excluding hydrogens is 214 g/mol. The molecule has 0 unspecified atom stereocenters. The Kier molecular flexibility index (Phi) is 2.46. The van der Waals surface area contributed by atoms with Gasteiger partial charge in [0, 0.05) is 12.6 Å². The summed E-state index contributed by atoms with van der Waals surface area (Å²) in [5.74, 6) is 1.44. The molecular formula is C12H17N5. The van der Waals surface area contributed by atoms with Gasteiger partial charge >= 0.3 is 0 Å². The van der Waals surface area contributed by atoms with E-state index in [0.717, 1.165) is 23.5 Å². The van der Waals surface area contributed by atoms with Gasteiger partial charge in [0.2, 0.25) is 0 Å². The van der Waals surface area contributed by atoms with Gasteiger partial charge in [-0.25, -0.2) is 15.0 Å². The van der Waals surface area contributed by atoms with Gasteiger partial charge in [-0.3, -0.25) is 0 Å².